The number of carbonyl (C=O) groups excluding carboxylic acids is 2. The van der Waals surface area contributed by atoms with Crippen LogP contribution in [-0.4, -0.2) is 107 Å². The molecule has 4 saturated heterocycles. The molecule has 310 valence electrons. The Morgan fingerprint density at radius 2 is 1.60 bits per heavy atom. The van der Waals surface area contributed by atoms with Gasteiger partial charge in [0.05, 0.1) is 28.3 Å². The van der Waals surface area contributed by atoms with Gasteiger partial charge < -0.3 is 19.9 Å². The first-order chi connectivity index (χ1) is 27.9. The minimum Gasteiger partial charge on any atom is -0.432 e. The van der Waals surface area contributed by atoms with Gasteiger partial charge in [0.1, 0.15) is 6.04 Å². The predicted octanol–water partition coefficient (Wildman–Crippen LogP) is 4.07. The van der Waals surface area contributed by atoms with Gasteiger partial charge in [-0.1, -0.05) is 18.2 Å². The molecule has 4 aliphatic rings. The third-order valence-corrected chi connectivity index (χ3v) is 14.2. The van der Waals surface area contributed by atoms with Crippen LogP contribution in [0.1, 0.15) is 68.9 Å². The second-order valence-corrected chi connectivity index (χ2v) is 17.8. The molecule has 6 heterocycles. The lowest BCUT2D eigenvalue weighted by molar-refractivity contribution is -0.135. The Balaban J connectivity index is 0.820. The molecule has 8 rings (SSSR count). The van der Waals surface area contributed by atoms with Gasteiger partial charge in [0.25, 0.3) is 0 Å². The summed E-state index contributed by atoms with van der Waals surface area (Å²) >= 11 is 0. The number of sulfonamides is 1. The molecule has 4 fully saturated rings. The topological polar surface area (TPSA) is 164 Å². The fraction of sp³-hybridized carbons (Fsp3) is 0.525. The molecule has 0 spiro atoms. The Labute approximate surface area is 335 Å². The van der Waals surface area contributed by atoms with E-state index < -0.39 is 28.6 Å². The van der Waals surface area contributed by atoms with Crippen molar-refractivity contribution in [2.75, 3.05) is 56.0 Å². The monoisotopic (exact) mass is 821 g/mol. The molecule has 15 nitrogen and oxygen atoms in total. The molecular formula is C40H49F2N9O6S. The number of aryl methyl sites for hydroxylation is 1. The second-order valence-electron chi connectivity index (χ2n) is 15.8. The average molecular weight is 822 g/mol. The summed E-state index contributed by atoms with van der Waals surface area (Å²) in [6.45, 7) is 2.31. The van der Waals surface area contributed by atoms with Crippen LogP contribution in [0, 0.1) is 5.92 Å². The van der Waals surface area contributed by atoms with Crippen LogP contribution in [0.25, 0.3) is 11.0 Å². The Morgan fingerprint density at radius 1 is 0.897 bits per heavy atom. The van der Waals surface area contributed by atoms with Crippen molar-refractivity contribution in [3.63, 3.8) is 0 Å². The number of fused-ring (bicyclic) bond motifs is 1. The first-order valence-corrected chi connectivity index (χ1v) is 21.5. The standard InChI is InChI=1S/C40H49F2N9O6S/c1-47-36-32(6-3-7-33(36)51(40(47)54)34-8-9-35(52)46-37(34)53)27-12-16-48(17-13-27)25-26-10-18-49(19-11-26)29-4-2-5-31(22-29)58(55,56)50-20-14-28(15-21-50)45-39-43-23-30(24-44-39)57-38(41)42/h2-7,22-24,26-28,34,38H,8-21,25H2,1H3,(H,43,44,45)(H,46,52,53). The number of halogens is 2. The molecule has 0 bridgehead atoms. The molecule has 0 radical (unpaired) electrons. The molecule has 4 aliphatic heterocycles. The van der Waals surface area contributed by atoms with Crippen LogP contribution in [-0.2, 0) is 26.7 Å². The first-order valence-electron chi connectivity index (χ1n) is 20.1. The predicted molar refractivity (Wildman–Crippen MR) is 212 cm³/mol. The molecule has 18 heteroatoms. The number of para-hydroxylation sites is 1. The zero-order valence-corrected chi connectivity index (χ0v) is 33.3. The van der Waals surface area contributed by atoms with Crippen LogP contribution >= 0.6 is 0 Å². The number of nitrogens with one attached hydrogen (secondary N) is 2. The van der Waals surface area contributed by atoms with E-state index in [0.717, 1.165) is 80.7 Å². The van der Waals surface area contributed by atoms with Crippen LogP contribution in [0.5, 0.6) is 5.75 Å². The van der Waals surface area contributed by atoms with Gasteiger partial charge in [-0.2, -0.15) is 13.1 Å². The van der Waals surface area contributed by atoms with Crippen LogP contribution in [0.15, 0.2) is 64.5 Å². The van der Waals surface area contributed by atoms with Crippen molar-refractivity contribution in [2.24, 2.45) is 13.0 Å². The summed E-state index contributed by atoms with van der Waals surface area (Å²) in [6.07, 6.45) is 7.90. The normalized spacial score (nSPS) is 21.2. The summed E-state index contributed by atoms with van der Waals surface area (Å²) in [5.74, 6) is 0.224. The van der Waals surface area contributed by atoms with E-state index in [2.05, 4.69) is 41.2 Å². The average Bonchev–Trinajstić information content (AvgIpc) is 3.48. The number of ether oxygens (including phenoxy) is 1. The van der Waals surface area contributed by atoms with Gasteiger partial charge in [0, 0.05) is 57.9 Å². The Hall–Kier alpha value is -4.94. The van der Waals surface area contributed by atoms with Gasteiger partial charge in [-0.25, -0.2) is 23.2 Å². The van der Waals surface area contributed by atoms with E-state index in [-0.39, 0.29) is 46.6 Å². The number of likely N-dealkylation sites (tertiary alicyclic amines) is 1. The largest absolute Gasteiger partial charge is 0.432 e. The highest BCUT2D eigenvalue weighted by atomic mass is 32.2. The summed E-state index contributed by atoms with van der Waals surface area (Å²) in [7, 11) is -1.95. The number of imidazole rings is 1. The van der Waals surface area contributed by atoms with Gasteiger partial charge in [-0.15, -0.1) is 0 Å². The third kappa shape index (κ3) is 8.31. The maximum Gasteiger partial charge on any atom is 0.387 e. The molecular weight excluding hydrogens is 773 g/mol. The Bertz CT molecular complexity index is 2300. The molecule has 1 unspecified atom stereocenters. The number of imide groups is 1. The number of aromatic nitrogens is 4. The van der Waals surface area contributed by atoms with Crippen molar-refractivity contribution in [1.82, 2.24) is 33.6 Å². The van der Waals surface area contributed by atoms with Crippen LogP contribution < -0.4 is 26.0 Å². The van der Waals surface area contributed by atoms with Crippen LogP contribution in [0.3, 0.4) is 0 Å². The molecule has 2 aromatic carbocycles. The number of alkyl halides is 2. The second kappa shape index (κ2) is 16.7. The van der Waals surface area contributed by atoms with Crippen molar-refractivity contribution in [3.8, 4) is 5.75 Å². The zero-order chi connectivity index (χ0) is 40.6. The van der Waals surface area contributed by atoms with E-state index in [4.69, 9.17) is 0 Å². The van der Waals surface area contributed by atoms with Crippen molar-refractivity contribution < 1.29 is 31.5 Å². The number of benzene rings is 2. The van der Waals surface area contributed by atoms with E-state index in [9.17, 15) is 31.6 Å². The highest BCUT2D eigenvalue weighted by molar-refractivity contribution is 7.89. The first kappa shape index (κ1) is 39.9. The Morgan fingerprint density at radius 3 is 2.29 bits per heavy atom. The zero-order valence-electron chi connectivity index (χ0n) is 32.4. The quantitative estimate of drug-likeness (QED) is 0.210. The maximum atomic E-state index is 13.7. The summed E-state index contributed by atoms with van der Waals surface area (Å²) < 4.78 is 61.3. The number of nitrogens with zero attached hydrogens (tertiary/aromatic N) is 7. The smallest absolute Gasteiger partial charge is 0.387 e. The molecule has 2 aromatic heterocycles. The molecule has 1 atom stereocenters. The van der Waals surface area contributed by atoms with E-state index in [1.807, 2.05) is 24.3 Å². The minimum atomic E-state index is -3.71. The van der Waals surface area contributed by atoms with E-state index in [1.165, 1.54) is 16.7 Å². The summed E-state index contributed by atoms with van der Waals surface area (Å²) in [6, 6.07) is 12.4. The number of piperidine rings is 4. The molecule has 2 N–H and O–H groups in total. The molecule has 4 aromatic rings. The van der Waals surface area contributed by atoms with Gasteiger partial charge >= 0.3 is 12.3 Å². The number of carbonyl (C=O) groups is 2. The molecule has 2 amide bonds. The SMILES string of the molecule is Cn1c(=O)n(C2CCC(=O)NC2=O)c2cccc(C3CCN(CC4CCN(c5cccc(S(=O)(=O)N6CCC(Nc7ncc(OC(F)F)cn7)CC6)c5)CC4)CC3)c21. The number of amides is 2. The molecule has 0 aliphatic carbocycles. The van der Waals surface area contributed by atoms with Crippen molar-refractivity contribution in [1.29, 1.82) is 0 Å². The van der Waals surface area contributed by atoms with Gasteiger partial charge in [-0.3, -0.25) is 24.0 Å². The summed E-state index contributed by atoms with van der Waals surface area (Å²) in [4.78, 5) is 51.1. The Kier molecular flexibility index (Phi) is 11.5. The number of hydrogen-bond acceptors (Lipinski definition) is 11. The highest BCUT2D eigenvalue weighted by Crippen LogP contribution is 2.35. The maximum absolute atomic E-state index is 13.7. The third-order valence-electron chi connectivity index (χ3n) is 12.3. The fourth-order valence-corrected chi connectivity index (χ4v) is 10.7. The lowest BCUT2D eigenvalue weighted by Gasteiger charge is -2.38. The van der Waals surface area contributed by atoms with Gasteiger partial charge in [0.15, 0.2) is 5.75 Å². The van der Waals surface area contributed by atoms with Gasteiger partial charge in [0.2, 0.25) is 27.8 Å². The van der Waals surface area contributed by atoms with E-state index >= 15 is 0 Å². The molecule has 0 saturated carbocycles. The number of hydrogen-bond donors (Lipinski definition) is 2. The van der Waals surface area contributed by atoms with Crippen LogP contribution in [0.2, 0.25) is 0 Å². The van der Waals surface area contributed by atoms with E-state index in [0.29, 0.717) is 38.3 Å². The van der Waals surface area contributed by atoms with Gasteiger partial charge in [-0.05, 0) is 99.7 Å². The van der Waals surface area contributed by atoms with Crippen LogP contribution in [0.4, 0.5) is 20.4 Å². The number of anilines is 2. The van der Waals surface area contributed by atoms with Crippen molar-refractivity contribution in [2.45, 2.75) is 80.9 Å². The fourth-order valence-electron chi connectivity index (χ4n) is 9.16. The highest BCUT2D eigenvalue weighted by Gasteiger charge is 2.34. The lowest BCUT2D eigenvalue weighted by atomic mass is 9.87. The van der Waals surface area contributed by atoms with Crippen molar-refractivity contribution >= 4 is 44.5 Å². The van der Waals surface area contributed by atoms with Crippen molar-refractivity contribution in [3.05, 3.63) is 70.9 Å². The summed E-state index contributed by atoms with van der Waals surface area (Å²) in [5, 5.41) is 5.55. The minimum absolute atomic E-state index is 0.0641. The lowest BCUT2D eigenvalue weighted by Crippen LogP contribution is -2.44. The summed E-state index contributed by atoms with van der Waals surface area (Å²) in [5.41, 5.74) is 3.38. The van der Waals surface area contributed by atoms with E-state index in [1.54, 1.807) is 28.3 Å². The molecule has 58 heavy (non-hydrogen) atoms. The number of rotatable bonds is 11.